The quantitative estimate of drug-likeness (QED) is 0.564. The molecule has 0 N–H and O–H groups in total. The molecule has 3 heteroatoms. The molecule has 1 heterocycles. The van der Waals surface area contributed by atoms with E-state index in [0.717, 1.165) is 57.8 Å². The van der Waals surface area contributed by atoms with E-state index in [9.17, 15) is 0 Å². The molecule has 0 unspecified atom stereocenters. The van der Waals surface area contributed by atoms with Gasteiger partial charge in [-0.25, -0.2) is 0 Å². The molecule has 0 bridgehead atoms. The van der Waals surface area contributed by atoms with E-state index in [0.29, 0.717) is 0 Å². The Morgan fingerprint density at radius 1 is 1.00 bits per heavy atom. The van der Waals surface area contributed by atoms with Gasteiger partial charge in [0.25, 0.3) is 0 Å². The maximum absolute atomic E-state index is 6.41. The molecule has 0 spiro atoms. The summed E-state index contributed by atoms with van der Waals surface area (Å²) in [7, 11) is 0. The number of rotatable bonds is 2. The zero-order valence-electron chi connectivity index (χ0n) is 14.2. The summed E-state index contributed by atoms with van der Waals surface area (Å²) in [6, 6.07) is 10.4. The molecule has 3 aromatic rings. The SMILES string of the molecule is Cc1ccc2nc3c(c(Oc4cc(C)c(Cl)c(C)c4)c2c1)CCC3. The second-order valence-electron chi connectivity index (χ2n) is 6.71. The third-order valence-electron chi connectivity index (χ3n) is 4.74. The Hall–Kier alpha value is -2.06. The Balaban J connectivity index is 1.91. The Kier molecular flexibility index (Phi) is 3.73. The molecular weight excluding hydrogens is 318 g/mol. The summed E-state index contributed by atoms with van der Waals surface area (Å²) in [5, 5.41) is 1.91. The largest absolute Gasteiger partial charge is 0.456 e. The number of halogens is 1. The van der Waals surface area contributed by atoms with Crippen LogP contribution < -0.4 is 4.74 Å². The van der Waals surface area contributed by atoms with Crippen LogP contribution in [0.3, 0.4) is 0 Å². The predicted octanol–water partition coefficient (Wildman–Crippen LogP) is 6.09. The minimum atomic E-state index is 0.808. The first-order valence-corrected chi connectivity index (χ1v) is 8.77. The maximum Gasteiger partial charge on any atom is 0.141 e. The van der Waals surface area contributed by atoms with E-state index in [2.05, 4.69) is 25.1 Å². The number of pyridine rings is 1. The molecule has 4 rings (SSSR count). The van der Waals surface area contributed by atoms with Gasteiger partial charge >= 0.3 is 0 Å². The number of nitrogens with zero attached hydrogens (tertiary/aromatic N) is 1. The van der Waals surface area contributed by atoms with Crippen LogP contribution in [0.25, 0.3) is 10.9 Å². The molecular formula is C21H20ClNO. The maximum atomic E-state index is 6.41. The first kappa shape index (κ1) is 15.5. The van der Waals surface area contributed by atoms with Crippen LogP contribution in [0.15, 0.2) is 30.3 Å². The van der Waals surface area contributed by atoms with Gasteiger partial charge in [-0.2, -0.15) is 0 Å². The molecule has 0 amide bonds. The summed E-state index contributed by atoms with van der Waals surface area (Å²) >= 11 is 6.30. The van der Waals surface area contributed by atoms with Gasteiger partial charge in [-0.15, -0.1) is 0 Å². The zero-order valence-corrected chi connectivity index (χ0v) is 15.0. The zero-order chi connectivity index (χ0) is 16.8. The number of fused-ring (bicyclic) bond motifs is 2. The van der Waals surface area contributed by atoms with Crippen molar-refractivity contribution in [2.75, 3.05) is 0 Å². The van der Waals surface area contributed by atoms with Crippen LogP contribution in [-0.4, -0.2) is 4.98 Å². The Bertz CT molecular complexity index is 939. The second kappa shape index (κ2) is 5.78. The number of aromatic nitrogens is 1. The lowest BCUT2D eigenvalue weighted by Gasteiger charge is -2.15. The molecule has 0 saturated carbocycles. The smallest absolute Gasteiger partial charge is 0.141 e. The lowest BCUT2D eigenvalue weighted by atomic mass is 10.1. The van der Waals surface area contributed by atoms with Gasteiger partial charge in [-0.1, -0.05) is 23.2 Å². The van der Waals surface area contributed by atoms with Crippen molar-refractivity contribution in [3.05, 3.63) is 63.3 Å². The molecule has 0 saturated heterocycles. The monoisotopic (exact) mass is 337 g/mol. The summed E-state index contributed by atoms with van der Waals surface area (Å²) in [5.74, 6) is 1.81. The third kappa shape index (κ3) is 2.55. The fourth-order valence-corrected chi connectivity index (χ4v) is 3.64. The molecule has 24 heavy (non-hydrogen) atoms. The molecule has 1 aliphatic carbocycles. The topological polar surface area (TPSA) is 22.1 Å². The number of hydrogen-bond acceptors (Lipinski definition) is 2. The van der Waals surface area contributed by atoms with Crippen molar-refractivity contribution >= 4 is 22.5 Å². The van der Waals surface area contributed by atoms with Gasteiger partial charge in [0.15, 0.2) is 0 Å². The highest BCUT2D eigenvalue weighted by Gasteiger charge is 2.21. The second-order valence-corrected chi connectivity index (χ2v) is 7.09. The van der Waals surface area contributed by atoms with Crippen LogP contribution in [0.5, 0.6) is 11.5 Å². The molecule has 2 aromatic carbocycles. The number of hydrogen-bond donors (Lipinski definition) is 0. The van der Waals surface area contributed by atoms with Crippen LogP contribution in [0, 0.1) is 20.8 Å². The highest BCUT2D eigenvalue weighted by molar-refractivity contribution is 6.32. The van der Waals surface area contributed by atoms with Crippen molar-refractivity contribution in [1.29, 1.82) is 0 Å². The average molecular weight is 338 g/mol. The standard InChI is InChI=1S/C21H20ClNO/c1-12-7-8-19-17(9-12)21(16-5-4-6-18(16)23-19)24-15-10-13(2)20(22)14(3)11-15/h7-11H,4-6H2,1-3H3. The molecule has 0 radical (unpaired) electrons. The molecule has 1 aliphatic rings. The van der Waals surface area contributed by atoms with Gasteiger partial charge < -0.3 is 4.74 Å². The van der Waals surface area contributed by atoms with Crippen molar-refractivity contribution in [3.8, 4) is 11.5 Å². The van der Waals surface area contributed by atoms with Gasteiger partial charge in [0, 0.05) is 21.7 Å². The summed E-state index contributed by atoms with van der Waals surface area (Å²) in [4.78, 5) is 4.85. The summed E-state index contributed by atoms with van der Waals surface area (Å²) in [6.07, 6.45) is 3.22. The van der Waals surface area contributed by atoms with Crippen LogP contribution in [-0.2, 0) is 12.8 Å². The van der Waals surface area contributed by atoms with Crippen LogP contribution in [0.4, 0.5) is 0 Å². The van der Waals surface area contributed by atoms with E-state index in [4.69, 9.17) is 21.3 Å². The van der Waals surface area contributed by atoms with Crippen molar-refractivity contribution < 1.29 is 4.74 Å². The van der Waals surface area contributed by atoms with E-state index >= 15 is 0 Å². The Morgan fingerprint density at radius 3 is 2.50 bits per heavy atom. The first-order chi connectivity index (χ1) is 11.5. The van der Waals surface area contributed by atoms with Gasteiger partial charge in [0.1, 0.15) is 11.5 Å². The Morgan fingerprint density at radius 2 is 1.75 bits per heavy atom. The minimum Gasteiger partial charge on any atom is -0.456 e. The van der Waals surface area contributed by atoms with Gasteiger partial charge in [0.2, 0.25) is 0 Å². The highest BCUT2D eigenvalue weighted by atomic mass is 35.5. The molecule has 1 aromatic heterocycles. The molecule has 122 valence electrons. The summed E-state index contributed by atoms with van der Waals surface area (Å²) in [6.45, 7) is 6.13. The number of aryl methyl sites for hydroxylation is 4. The Labute approximate surface area is 147 Å². The van der Waals surface area contributed by atoms with E-state index in [1.54, 1.807) is 0 Å². The first-order valence-electron chi connectivity index (χ1n) is 8.39. The van der Waals surface area contributed by atoms with Gasteiger partial charge in [-0.3, -0.25) is 4.98 Å². The van der Waals surface area contributed by atoms with Crippen LogP contribution >= 0.6 is 11.6 Å². The van der Waals surface area contributed by atoms with Crippen LogP contribution in [0.1, 0.15) is 34.4 Å². The van der Waals surface area contributed by atoms with Crippen molar-refractivity contribution in [3.63, 3.8) is 0 Å². The molecule has 0 fully saturated rings. The molecule has 0 aliphatic heterocycles. The van der Waals surface area contributed by atoms with E-state index in [1.165, 1.54) is 16.8 Å². The van der Waals surface area contributed by atoms with Crippen LogP contribution in [0.2, 0.25) is 5.02 Å². The lowest BCUT2D eigenvalue weighted by Crippen LogP contribution is -1.97. The lowest BCUT2D eigenvalue weighted by molar-refractivity contribution is 0.481. The van der Waals surface area contributed by atoms with Gasteiger partial charge in [-0.05, 0) is 75.4 Å². The minimum absolute atomic E-state index is 0.808. The van der Waals surface area contributed by atoms with Crippen molar-refractivity contribution in [2.45, 2.75) is 40.0 Å². The normalized spacial score (nSPS) is 13.3. The average Bonchev–Trinajstić information content (AvgIpc) is 3.01. The van der Waals surface area contributed by atoms with Gasteiger partial charge in [0.05, 0.1) is 5.52 Å². The predicted molar refractivity (Wildman–Crippen MR) is 99.5 cm³/mol. The van der Waals surface area contributed by atoms with Crippen molar-refractivity contribution in [2.24, 2.45) is 0 Å². The summed E-state index contributed by atoms with van der Waals surface area (Å²) in [5.41, 5.74) is 6.76. The molecule has 2 nitrogen and oxygen atoms in total. The van der Waals surface area contributed by atoms with E-state index in [1.807, 2.05) is 26.0 Å². The van der Waals surface area contributed by atoms with E-state index < -0.39 is 0 Å². The molecule has 0 atom stereocenters. The number of benzene rings is 2. The highest BCUT2D eigenvalue weighted by Crippen LogP contribution is 2.39. The third-order valence-corrected chi connectivity index (χ3v) is 5.34. The summed E-state index contributed by atoms with van der Waals surface area (Å²) < 4.78 is 6.41. The fraction of sp³-hybridized carbons (Fsp3) is 0.286. The fourth-order valence-electron chi connectivity index (χ4n) is 3.53. The van der Waals surface area contributed by atoms with Crippen molar-refractivity contribution in [1.82, 2.24) is 4.98 Å². The van der Waals surface area contributed by atoms with E-state index in [-0.39, 0.29) is 0 Å². The number of ether oxygens (including phenoxy) is 1.